The van der Waals surface area contributed by atoms with Gasteiger partial charge in [0.25, 0.3) is 0 Å². The molecule has 0 aliphatic heterocycles. The van der Waals surface area contributed by atoms with Gasteiger partial charge in [0.15, 0.2) is 7.14 Å². The first kappa shape index (κ1) is 17.3. The van der Waals surface area contributed by atoms with Crippen LogP contribution in [0.3, 0.4) is 0 Å². The van der Waals surface area contributed by atoms with Crippen molar-refractivity contribution in [1.29, 1.82) is 0 Å². The Morgan fingerprint density at radius 2 is 1.43 bits per heavy atom. The molecule has 1 unspecified atom stereocenters. The van der Waals surface area contributed by atoms with Crippen LogP contribution in [0.15, 0.2) is 48.5 Å². The van der Waals surface area contributed by atoms with Crippen LogP contribution in [-0.2, 0) is 4.57 Å². The van der Waals surface area contributed by atoms with E-state index in [-0.39, 0.29) is 11.2 Å². The molecule has 23 heavy (non-hydrogen) atoms. The third kappa shape index (κ3) is 3.04. The van der Waals surface area contributed by atoms with E-state index in [9.17, 15) is 9.36 Å². The Hall–Kier alpha value is -2.06. The Bertz CT molecular complexity index is 716. The van der Waals surface area contributed by atoms with Crippen LogP contribution in [0.25, 0.3) is 0 Å². The SMILES string of the molecule is COc1cccc(OC)c1C(=O)P(=O)(c1ccccc1)C(C)C. The molecule has 0 heterocycles. The smallest absolute Gasteiger partial charge is 0.233 e. The second-order valence-corrected chi connectivity index (χ2v) is 8.70. The summed E-state index contributed by atoms with van der Waals surface area (Å²) in [6, 6.07) is 14.0. The van der Waals surface area contributed by atoms with E-state index in [0.717, 1.165) is 0 Å². The van der Waals surface area contributed by atoms with E-state index < -0.39 is 12.7 Å². The summed E-state index contributed by atoms with van der Waals surface area (Å²) in [7, 11) is -0.375. The van der Waals surface area contributed by atoms with Crippen molar-refractivity contribution in [2.45, 2.75) is 19.5 Å². The lowest BCUT2D eigenvalue weighted by molar-refractivity contribution is 0.106. The molecule has 4 nitrogen and oxygen atoms in total. The topological polar surface area (TPSA) is 52.6 Å². The summed E-state index contributed by atoms with van der Waals surface area (Å²) in [5.74, 6) is 0.734. The number of benzene rings is 2. The molecule has 0 bridgehead atoms. The maximum atomic E-state index is 13.7. The Morgan fingerprint density at radius 3 is 1.87 bits per heavy atom. The van der Waals surface area contributed by atoms with E-state index in [4.69, 9.17) is 9.47 Å². The summed E-state index contributed by atoms with van der Waals surface area (Å²) in [6.07, 6.45) is 0. The van der Waals surface area contributed by atoms with Gasteiger partial charge in [-0.3, -0.25) is 4.79 Å². The summed E-state index contributed by atoms with van der Waals surface area (Å²) >= 11 is 0. The van der Waals surface area contributed by atoms with Crippen LogP contribution < -0.4 is 14.8 Å². The molecular weight excluding hydrogens is 311 g/mol. The monoisotopic (exact) mass is 332 g/mol. The number of rotatable bonds is 6. The van der Waals surface area contributed by atoms with Gasteiger partial charge in [-0.15, -0.1) is 0 Å². The van der Waals surface area contributed by atoms with Crippen LogP contribution in [0.2, 0.25) is 0 Å². The number of carbonyl (C=O) groups excluding carboxylic acids is 1. The molecule has 2 rings (SSSR count). The summed E-state index contributed by atoms with van der Waals surface area (Å²) in [4.78, 5) is 13.2. The van der Waals surface area contributed by atoms with Crippen LogP contribution >= 0.6 is 7.14 Å². The molecule has 1 atom stereocenters. The predicted molar refractivity (Wildman–Crippen MR) is 92.7 cm³/mol. The minimum absolute atomic E-state index is 0.235. The van der Waals surface area contributed by atoms with Gasteiger partial charge in [0, 0.05) is 11.0 Å². The van der Waals surface area contributed by atoms with E-state index in [2.05, 4.69) is 0 Å². The molecule has 0 fully saturated rings. The molecule has 0 saturated heterocycles. The summed E-state index contributed by atoms with van der Waals surface area (Å²) in [5.41, 5.74) is -0.529. The fourth-order valence-electron chi connectivity index (χ4n) is 2.53. The molecule has 2 aromatic rings. The predicted octanol–water partition coefficient (Wildman–Crippen LogP) is 3.94. The average Bonchev–Trinajstić information content (AvgIpc) is 2.60. The molecule has 0 aliphatic carbocycles. The van der Waals surface area contributed by atoms with Gasteiger partial charge >= 0.3 is 0 Å². The van der Waals surface area contributed by atoms with E-state index in [0.29, 0.717) is 16.8 Å². The van der Waals surface area contributed by atoms with Crippen LogP contribution in [0.4, 0.5) is 0 Å². The van der Waals surface area contributed by atoms with Crippen LogP contribution in [-0.4, -0.2) is 25.4 Å². The van der Waals surface area contributed by atoms with E-state index >= 15 is 0 Å². The Morgan fingerprint density at radius 1 is 0.913 bits per heavy atom. The second-order valence-electron chi connectivity index (χ2n) is 5.43. The standard InChI is InChI=1S/C18H21O4P/c1-13(2)23(20,14-9-6-5-7-10-14)18(19)17-15(21-3)11-8-12-16(17)22-4/h5-13H,1-4H3. The number of hydrogen-bond acceptors (Lipinski definition) is 4. The molecule has 0 saturated carbocycles. The van der Waals surface area contributed by atoms with Crippen LogP contribution in [0.1, 0.15) is 24.2 Å². The summed E-state index contributed by atoms with van der Waals surface area (Å²) in [6.45, 7) is 3.60. The largest absolute Gasteiger partial charge is 0.496 e. The molecule has 0 spiro atoms. The molecule has 122 valence electrons. The van der Waals surface area contributed by atoms with Gasteiger partial charge in [-0.05, 0) is 12.1 Å². The average molecular weight is 332 g/mol. The minimum Gasteiger partial charge on any atom is -0.496 e. The van der Waals surface area contributed by atoms with Crippen molar-refractivity contribution in [2.24, 2.45) is 0 Å². The summed E-state index contributed by atoms with van der Waals surface area (Å²) < 4.78 is 24.3. The summed E-state index contributed by atoms with van der Waals surface area (Å²) in [5, 5.41) is 0.549. The normalized spacial score (nSPS) is 13.4. The van der Waals surface area contributed by atoms with Crippen molar-refractivity contribution >= 4 is 18.0 Å². The zero-order valence-electron chi connectivity index (χ0n) is 13.8. The highest BCUT2D eigenvalue weighted by Gasteiger charge is 2.40. The van der Waals surface area contributed by atoms with Crippen LogP contribution in [0.5, 0.6) is 11.5 Å². The van der Waals surface area contributed by atoms with Gasteiger partial charge in [-0.1, -0.05) is 50.2 Å². The van der Waals surface area contributed by atoms with E-state index in [1.165, 1.54) is 14.2 Å². The first-order valence-corrected chi connectivity index (χ1v) is 9.15. The Labute approximate surface area is 136 Å². The molecule has 0 N–H and O–H groups in total. The molecule has 0 aromatic heterocycles. The van der Waals surface area contributed by atoms with Crippen molar-refractivity contribution in [1.82, 2.24) is 0 Å². The molecular formula is C18H21O4P. The fraction of sp³-hybridized carbons (Fsp3) is 0.278. The van der Waals surface area contributed by atoms with Crippen molar-refractivity contribution in [3.8, 4) is 11.5 Å². The highest BCUT2D eigenvalue weighted by Crippen LogP contribution is 2.54. The van der Waals surface area contributed by atoms with Gasteiger partial charge in [0.1, 0.15) is 17.1 Å². The highest BCUT2D eigenvalue weighted by atomic mass is 31.2. The maximum Gasteiger partial charge on any atom is 0.233 e. The Balaban J connectivity index is 2.68. The Kier molecular flexibility index (Phi) is 5.27. The van der Waals surface area contributed by atoms with Gasteiger partial charge in [0.2, 0.25) is 5.52 Å². The first-order valence-electron chi connectivity index (χ1n) is 7.38. The van der Waals surface area contributed by atoms with Gasteiger partial charge in [0.05, 0.1) is 14.2 Å². The van der Waals surface area contributed by atoms with Crippen molar-refractivity contribution in [2.75, 3.05) is 14.2 Å². The lowest BCUT2D eigenvalue weighted by Crippen LogP contribution is -2.20. The molecule has 5 heteroatoms. The minimum atomic E-state index is -3.34. The van der Waals surface area contributed by atoms with Crippen molar-refractivity contribution in [3.63, 3.8) is 0 Å². The molecule has 2 aromatic carbocycles. The lowest BCUT2D eigenvalue weighted by atomic mass is 10.2. The highest BCUT2D eigenvalue weighted by molar-refractivity contribution is 7.88. The van der Waals surface area contributed by atoms with Gasteiger partial charge in [-0.2, -0.15) is 0 Å². The zero-order chi connectivity index (χ0) is 17.0. The quantitative estimate of drug-likeness (QED) is 0.752. The third-order valence-electron chi connectivity index (χ3n) is 3.81. The fourth-order valence-corrected chi connectivity index (χ4v) is 4.99. The zero-order valence-corrected chi connectivity index (χ0v) is 14.7. The molecule has 0 aliphatic rings. The van der Waals surface area contributed by atoms with Crippen molar-refractivity contribution < 1.29 is 18.8 Å². The number of ether oxygens (including phenoxy) is 2. The van der Waals surface area contributed by atoms with Gasteiger partial charge in [-0.25, -0.2) is 0 Å². The number of hydrogen-bond donors (Lipinski definition) is 0. The van der Waals surface area contributed by atoms with E-state index in [1.807, 2.05) is 6.07 Å². The van der Waals surface area contributed by atoms with E-state index in [1.54, 1.807) is 56.3 Å². The van der Waals surface area contributed by atoms with Crippen LogP contribution in [0, 0.1) is 0 Å². The third-order valence-corrected chi connectivity index (χ3v) is 7.16. The van der Waals surface area contributed by atoms with Crippen molar-refractivity contribution in [3.05, 3.63) is 54.1 Å². The first-order chi connectivity index (χ1) is 11.0. The second kappa shape index (κ2) is 7.01. The number of carbonyl (C=O) groups is 1. The maximum absolute atomic E-state index is 13.7. The van der Waals surface area contributed by atoms with Gasteiger partial charge < -0.3 is 14.0 Å². The number of methoxy groups -OCH3 is 2. The molecule has 0 amide bonds. The molecule has 0 radical (unpaired) electrons. The lowest BCUT2D eigenvalue weighted by Gasteiger charge is -2.23.